The number of nitrogen functional groups attached to an aromatic ring is 1. The van der Waals surface area contributed by atoms with Gasteiger partial charge in [-0.3, -0.25) is 0 Å². The molecule has 0 aliphatic carbocycles. The average Bonchev–Trinajstić information content (AvgIpc) is 2.18. The number of ether oxygens (including phenoxy) is 1. The fourth-order valence-corrected chi connectivity index (χ4v) is 1.31. The first-order chi connectivity index (χ1) is 7.83. The Labute approximate surface area is 103 Å². The first-order valence-electron chi connectivity index (χ1n) is 5.88. The van der Waals surface area contributed by atoms with Crippen molar-refractivity contribution in [3.05, 3.63) is 5.82 Å². The predicted octanol–water partition coefficient (Wildman–Crippen LogP) is 2.37. The second-order valence-electron chi connectivity index (χ2n) is 5.06. The van der Waals surface area contributed by atoms with Crippen LogP contribution in [0.25, 0.3) is 0 Å². The molecule has 0 saturated carbocycles. The molecule has 0 amide bonds. The van der Waals surface area contributed by atoms with Crippen molar-refractivity contribution in [1.82, 2.24) is 9.97 Å². The number of aromatic nitrogens is 2. The molecular weight excluding hydrogens is 216 g/mol. The second-order valence-corrected chi connectivity index (χ2v) is 5.06. The van der Waals surface area contributed by atoms with Gasteiger partial charge in [0.2, 0.25) is 5.88 Å². The van der Waals surface area contributed by atoms with Gasteiger partial charge in [-0.2, -0.15) is 4.98 Å². The maximum atomic E-state index is 5.99. The summed E-state index contributed by atoms with van der Waals surface area (Å²) in [5.74, 6) is 1.75. The lowest BCUT2D eigenvalue weighted by Crippen LogP contribution is -2.27. The zero-order chi connectivity index (χ0) is 13.1. The summed E-state index contributed by atoms with van der Waals surface area (Å²) in [5.41, 5.74) is 6.36. The molecule has 0 atom stereocenters. The normalized spacial score (nSPS) is 11.4. The molecule has 0 radical (unpaired) electrons. The monoisotopic (exact) mass is 238 g/mol. The first-order valence-corrected chi connectivity index (χ1v) is 5.88. The summed E-state index contributed by atoms with van der Waals surface area (Å²) in [4.78, 5) is 8.50. The van der Waals surface area contributed by atoms with Crippen LogP contribution in [-0.2, 0) is 0 Å². The summed E-state index contributed by atoms with van der Waals surface area (Å²) in [7, 11) is 0. The standard InChI is InChI=1S/C12H22N4O/c1-6-7-17-11-9(13)10(14-8(2)15-11)16-12(3,4)5/h6-7,13H2,1-5H3,(H,14,15,16). The lowest BCUT2D eigenvalue weighted by atomic mass is 10.1. The third kappa shape index (κ3) is 4.09. The smallest absolute Gasteiger partial charge is 0.242 e. The van der Waals surface area contributed by atoms with E-state index in [0.717, 1.165) is 6.42 Å². The van der Waals surface area contributed by atoms with E-state index in [4.69, 9.17) is 10.5 Å². The molecule has 1 rings (SSSR count). The summed E-state index contributed by atoms with van der Waals surface area (Å²) in [5, 5.41) is 3.25. The number of rotatable bonds is 4. The van der Waals surface area contributed by atoms with Crippen LogP contribution in [0.3, 0.4) is 0 Å². The topological polar surface area (TPSA) is 73.1 Å². The number of hydrogen-bond acceptors (Lipinski definition) is 5. The Morgan fingerprint density at radius 1 is 1.29 bits per heavy atom. The van der Waals surface area contributed by atoms with Crippen molar-refractivity contribution in [2.45, 2.75) is 46.6 Å². The number of anilines is 2. The Hall–Kier alpha value is -1.52. The molecule has 1 aromatic heterocycles. The molecule has 3 N–H and O–H groups in total. The van der Waals surface area contributed by atoms with Crippen molar-refractivity contribution in [2.75, 3.05) is 17.7 Å². The van der Waals surface area contributed by atoms with Gasteiger partial charge >= 0.3 is 0 Å². The fraction of sp³-hybridized carbons (Fsp3) is 0.667. The molecule has 17 heavy (non-hydrogen) atoms. The minimum atomic E-state index is -0.100. The van der Waals surface area contributed by atoms with Gasteiger partial charge in [-0.1, -0.05) is 6.92 Å². The van der Waals surface area contributed by atoms with Crippen LogP contribution in [0, 0.1) is 6.92 Å². The lowest BCUT2D eigenvalue weighted by molar-refractivity contribution is 0.306. The number of aryl methyl sites for hydroxylation is 1. The summed E-state index contributed by atoms with van der Waals surface area (Å²) in [6.07, 6.45) is 0.921. The maximum absolute atomic E-state index is 5.99. The van der Waals surface area contributed by atoms with Crippen LogP contribution in [0.2, 0.25) is 0 Å². The van der Waals surface area contributed by atoms with Crippen LogP contribution in [0.1, 0.15) is 39.9 Å². The van der Waals surface area contributed by atoms with E-state index in [-0.39, 0.29) is 5.54 Å². The van der Waals surface area contributed by atoms with Gasteiger partial charge in [0.15, 0.2) is 5.82 Å². The third-order valence-corrected chi connectivity index (χ3v) is 1.96. The quantitative estimate of drug-likeness (QED) is 0.842. The van der Waals surface area contributed by atoms with E-state index in [1.165, 1.54) is 0 Å². The molecule has 96 valence electrons. The van der Waals surface area contributed by atoms with Crippen LogP contribution >= 0.6 is 0 Å². The van der Waals surface area contributed by atoms with E-state index in [9.17, 15) is 0 Å². The summed E-state index contributed by atoms with van der Waals surface area (Å²) >= 11 is 0. The van der Waals surface area contributed by atoms with Gasteiger partial charge < -0.3 is 15.8 Å². The largest absolute Gasteiger partial charge is 0.476 e. The minimum absolute atomic E-state index is 0.100. The summed E-state index contributed by atoms with van der Waals surface area (Å²) in [6, 6.07) is 0. The third-order valence-electron chi connectivity index (χ3n) is 1.96. The molecule has 0 fully saturated rings. The van der Waals surface area contributed by atoms with Gasteiger partial charge in [0, 0.05) is 5.54 Å². The van der Waals surface area contributed by atoms with Crippen molar-refractivity contribution in [3.8, 4) is 5.88 Å². The molecule has 0 aliphatic rings. The molecule has 5 heteroatoms. The van der Waals surface area contributed by atoms with Gasteiger partial charge in [0.25, 0.3) is 0 Å². The van der Waals surface area contributed by atoms with Crippen LogP contribution in [0.15, 0.2) is 0 Å². The number of nitrogens with two attached hydrogens (primary N) is 1. The van der Waals surface area contributed by atoms with Crippen molar-refractivity contribution >= 4 is 11.5 Å². The molecule has 0 saturated heterocycles. The highest BCUT2D eigenvalue weighted by Crippen LogP contribution is 2.28. The molecule has 1 heterocycles. The highest BCUT2D eigenvalue weighted by Gasteiger charge is 2.16. The van der Waals surface area contributed by atoms with Gasteiger partial charge in [-0.15, -0.1) is 0 Å². The first kappa shape index (κ1) is 13.5. The zero-order valence-electron chi connectivity index (χ0n) is 11.3. The number of nitrogens with zero attached hydrogens (tertiary/aromatic N) is 2. The van der Waals surface area contributed by atoms with Crippen LogP contribution < -0.4 is 15.8 Å². The Morgan fingerprint density at radius 3 is 2.47 bits per heavy atom. The molecular formula is C12H22N4O. The van der Waals surface area contributed by atoms with E-state index in [2.05, 4.69) is 36.1 Å². The van der Waals surface area contributed by atoms with E-state index in [1.807, 2.05) is 13.8 Å². The Bertz CT molecular complexity index is 385. The van der Waals surface area contributed by atoms with Crippen LogP contribution in [-0.4, -0.2) is 22.1 Å². The van der Waals surface area contributed by atoms with E-state index >= 15 is 0 Å². The molecule has 0 unspecified atom stereocenters. The SMILES string of the molecule is CCCOc1nc(C)nc(NC(C)(C)C)c1N. The summed E-state index contributed by atoms with van der Waals surface area (Å²) < 4.78 is 5.51. The Morgan fingerprint density at radius 2 is 1.94 bits per heavy atom. The van der Waals surface area contributed by atoms with Crippen molar-refractivity contribution in [3.63, 3.8) is 0 Å². The van der Waals surface area contributed by atoms with Crippen molar-refractivity contribution < 1.29 is 4.74 Å². The van der Waals surface area contributed by atoms with Crippen LogP contribution in [0.5, 0.6) is 5.88 Å². The molecule has 0 aromatic carbocycles. The molecule has 0 bridgehead atoms. The van der Waals surface area contributed by atoms with E-state index in [1.54, 1.807) is 0 Å². The van der Waals surface area contributed by atoms with E-state index in [0.29, 0.717) is 29.8 Å². The molecule has 0 spiro atoms. The lowest BCUT2D eigenvalue weighted by Gasteiger charge is -2.23. The molecule has 5 nitrogen and oxygen atoms in total. The Balaban J connectivity index is 3.01. The average molecular weight is 238 g/mol. The van der Waals surface area contributed by atoms with Gasteiger partial charge in [0.05, 0.1) is 6.61 Å². The molecule has 1 aromatic rings. The predicted molar refractivity (Wildman–Crippen MR) is 70.3 cm³/mol. The van der Waals surface area contributed by atoms with E-state index < -0.39 is 0 Å². The van der Waals surface area contributed by atoms with Gasteiger partial charge in [-0.25, -0.2) is 4.98 Å². The summed E-state index contributed by atoms with van der Waals surface area (Å²) in [6.45, 7) is 10.6. The maximum Gasteiger partial charge on any atom is 0.242 e. The fourth-order valence-electron chi connectivity index (χ4n) is 1.31. The second kappa shape index (κ2) is 5.21. The number of nitrogens with one attached hydrogen (secondary N) is 1. The number of hydrogen-bond donors (Lipinski definition) is 2. The van der Waals surface area contributed by atoms with Crippen LogP contribution in [0.4, 0.5) is 11.5 Å². The van der Waals surface area contributed by atoms with Crippen molar-refractivity contribution in [2.24, 2.45) is 0 Å². The van der Waals surface area contributed by atoms with Gasteiger partial charge in [-0.05, 0) is 34.1 Å². The zero-order valence-corrected chi connectivity index (χ0v) is 11.3. The highest BCUT2D eigenvalue weighted by molar-refractivity contribution is 5.67. The minimum Gasteiger partial charge on any atom is -0.476 e. The highest BCUT2D eigenvalue weighted by atomic mass is 16.5. The van der Waals surface area contributed by atoms with Crippen molar-refractivity contribution in [1.29, 1.82) is 0 Å². The van der Waals surface area contributed by atoms with Gasteiger partial charge in [0.1, 0.15) is 11.5 Å². The molecule has 0 aliphatic heterocycles. The Kier molecular flexibility index (Phi) is 4.15.